The highest BCUT2D eigenvalue weighted by atomic mass is 16.5. The minimum atomic E-state index is 0.0394. The number of benzene rings is 1. The molecular weight excluding hydrogens is 216 g/mol. The van der Waals surface area contributed by atoms with Crippen molar-refractivity contribution in [3.8, 4) is 11.5 Å². The molecule has 0 fully saturated rings. The molecule has 0 saturated heterocycles. The SMILES string of the molecule is COc1cc(C(C)C)cc(C(C)CO)c1OC. The van der Waals surface area contributed by atoms with Gasteiger partial charge in [-0.25, -0.2) is 0 Å². The summed E-state index contributed by atoms with van der Waals surface area (Å²) in [5.41, 5.74) is 2.19. The molecular formula is C14H22O3. The molecule has 0 spiro atoms. The van der Waals surface area contributed by atoms with Gasteiger partial charge in [0.05, 0.1) is 14.2 Å². The molecule has 0 radical (unpaired) electrons. The Bertz CT molecular complexity index is 372. The van der Waals surface area contributed by atoms with Crippen molar-refractivity contribution < 1.29 is 14.6 Å². The molecule has 0 aliphatic heterocycles. The molecule has 0 aliphatic carbocycles. The van der Waals surface area contributed by atoms with Crippen molar-refractivity contribution >= 4 is 0 Å². The summed E-state index contributed by atoms with van der Waals surface area (Å²) in [6.07, 6.45) is 0. The Labute approximate surface area is 103 Å². The first-order valence-electron chi connectivity index (χ1n) is 5.91. The van der Waals surface area contributed by atoms with E-state index in [1.165, 1.54) is 5.56 Å². The minimum absolute atomic E-state index is 0.0394. The van der Waals surface area contributed by atoms with Crippen molar-refractivity contribution in [2.45, 2.75) is 32.6 Å². The van der Waals surface area contributed by atoms with Crippen LogP contribution in [0.4, 0.5) is 0 Å². The van der Waals surface area contributed by atoms with Gasteiger partial charge >= 0.3 is 0 Å². The van der Waals surface area contributed by atoms with Crippen LogP contribution in [0.3, 0.4) is 0 Å². The summed E-state index contributed by atoms with van der Waals surface area (Å²) in [4.78, 5) is 0. The average Bonchev–Trinajstić information content (AvgIpc) is 2.35. The number of methoxy groups -OCH3 is 2. The third kappa shape index (κ3) is 2.91. The van der Waals surface area contributed by atoms with Gasteiger partial charge in [-0.05, 0) is 17.5 Å². The lowest BCUT2D eigenvalue weighted by Gasteiger charge is -2.19. The molecule has 0 saturated carbocycles. The van der Waals surface area contributed by atoms with Crippen molar-refractivity contribution in [1.82, 2.24) is 0 Å². The summed E-state index contributed by atoms with van der Waals surface area (Å²) in [5.74, 6) is 1.91. The zero-order chi connectivity index (χ0) is 13.0. The Morgan fingerprint density at radius 2 is 1.76 bits per heavy atom. The van der Waals surface area contributed by atoms with E-state index < -0.39 is 0 Å². The van der Waals surface area contributed by atoms with Gasteiger partial charge in [0, 0.05) is 18.1 Å². The number of aliphatic hydroxyl groups is 1. The van der Waals surface area contributed by atoms with E-state index in [0.29, 0.717) is 5.92 Å². The van der Waals surface area contributed by atoms with Crippen LogP contribution in [0.5, 0.6) is 11.5 Å². The van der Waals surface area contributed by atoms with Gasteiger partial charge in [-0.15, -0.1) is 0 Å². The van der Waals surface area contributed by atoms with E-state index in [-0.39, 0.29) is 12.5 Å². The zero-order valence-corrected chi connectivity index (χ0v) is 11.3. The molecule has 1 unspecified atom stereocenters. The van der Waals surface area contributed by atoms with E-state index in [0.717, 1.165) is 17.1 Å². The Morgan fingerprint density at radius 1 is 1.12 bits per heavy atom. The Balaban J connectivity index is 3.37. The van der Waals surface area contributed by atoms with Crippen LogP contribution in [-0.2, 0) is 0 Å². The molecule has 0 amide bonds. The molecule has 1 N–H and O–H groups in total. The van der Waals surface area contributed by atoms with Gasteiger partial charge in [0.15, 0.2) is 11.5 Å². The number of hydrogen-bond acceptors (Lipinski definition) is 3. The summed E-state index contributed by atoms with van der Waals surface area (Å²) in [6.45, 7) is 6.34. The van der Waals surface area contributed by atoms with E-state index in [2.05, 4.69) is 19.9 Å². The number of rotatable bonds is 5. The normalized spacial score (nSPS) is 12.6. The van der Waals surface area contributed by atoms with Crippen LogP contribution in [-0.4, -0.2) is 25.9 Å². The highest BCUT2D eigenvalue weighted by molar-refractivity contribution is 5.51. The summed E-state index contributed by atoms with van der Waals surface area (Å²) < 4.78 is 10.7. The fourth-order valence-electron chi connectivity index (χ4n) is 1.81. The molecule has 96 valence electrons. The van der Waals surface area contributed by atoms with Crippen molar-refractivity contribution in [1.29, 1.82) is 0 Å². The quantitative estimate of drug-likeness (QED) is 0.857. The predicted octanol–water partition coefficient (Wildman–Crippen LogP) is 2.92. The maximum atomic E-state index is 9.30. The van der Waals surface area contributed by atoms with Crippen LogP contribution < -0.4 is 9.47 Å². The number of ether oxygens (including phenoxy) is 2. The van der Waals surface area contributed by atoms with E-state index in [1.54, 1.807) is 14.2 Å². The first kappa shape index (κ1) is 13.8. The lowest BCUT2D eigenvalue weighted by atomic mass is 9.93. The third-order valence-electron chi connectivity index (χ3n) is 3.00. The van der Waals surface area contributed by atoms with Crippen LogP contribution >= 0.6 is 0 Å². The standard InChI is InChI=1S/C14H22O3/c1-9(2)11-6-12(10(3)8-15)14(17-5)13(7-11)16-4/h6-7,9-10,15H,8H2,1-5H3. The maximum absolute atomic E-state index is 9.30. The molecule has 1 rings (SSSR count). The molecule has 17 heavy (non-hydrogen) atoms. The highest BCUT2D eigenvalue weighted by Crippen LogP contribution is 2.38. The molecule has 0 aliphatic rings. The van der Waals surface area contributed by atoms with Crippen molar-refractivity contribution in [2.24, 2.45) is 0 Å². The van der Waals surface area contributed by atoms with Crippen LogP contribution in [0.15, 0.2) is 12.1 Å². The van der Waals surface area contributed by atoms with Gasteiger partial charge in [0.1, 0.15) is 0 Å². The number of hydrogen-bond donors (Lipinski definition) is 1. The van der Waals surface area contributed by atoms with Crippen molar-refractivity contribution in [3.63, 3.8) is 0 Å². The van der Waals surface area contributed by atoms with Gasteiger partial charge < -0.3 is 14.6 Å². The van der Waals surface area contributed by atoms with E-state index in [4.69, 9.17) is 9.47 Å². The third-order valence-corrected chi connectivity index (χ3v) is 3.00. The Kier molecular flexibility index (Phi) is 4.82. The molecule has 0 heterocycles. The highest BCUT2D eigenvalue weighted by Gasteiger charge is 2.17. The lowest BCUT2D eigenvalue weighted by Crippen LogP contribution is -2.05. The fourth-order valence-corrected chi connectivity index (χ4v) is 1.81. The molecule has 1 atom stereocenters. The molecule has 3 nitrogen and oxygen atoms in total. The molecule has 1 aromatic rings. The fraction of sp³-hybridized carbons (Fsp3) is 0.571. The summed E-state index contributed by atoms with van der Waals surface area (Å²) in [5, 5.41) is 9.30. The summed E-state index contributed by atoms with van der Waals surface area (Å²) in [6, 6.07) is 4.09. The van der Waals surface area contributed by atoms with Gasteiger partial charge in [-0.1, -0.05) is 26.8 Å². The smallest absolute Gasteiger partial charge is 0.164 e. The van der Waals surface area contributed by atoms with E-state index in [1.807, 2.05) is 13.0 Å². The van der Waals surface area contributed by atoms with Crippen molar-refractivity contribution in [2.75, 3.05) is 20.8 Å². The second-order valence-corrected chi connectivity index (χ2v) is 4.58. The van der Waals surface area contributed by atoms with Gasteiger partial charge in [-0.3, -0.25) is 0 Å². The van der Waals surface area contributed by atoms with Crippen molar-refractivity contribution in [3.05, 3.63) is 23.3 Å². The van der Waals surface area contributed by atoms with Gasteiger partial charge in [0.25, 0.3) is 0 Å². The summed E-state index contributed by atoms with van der Waals surface area (Å²) in [7, 11) is 3.26. The molecule has 0 bridgehead atoms. The van der Waals surface area contributed by atoms with E-state index >= 15 is 0 Å². The molecule has 0 aromatic heterocycles. The Morgan fingerprint density at radius 3 is 2.18 bits per heavy atom. The monoisotopic (exact) mass is 238 g/mol. The minimum Gasteiger partial charge on any atom is -0.493 e. The van der Waals surface area contributed by atoms with Gasteiger partial charge in [0.2, 0.25) is 0 Å². The van der Waals surface area contributed by atoms with Crippen LogP contribution in [0.25, 0.3) is 0 Å². The Hall–Kier alpha value is -1.22. The largest absolute Gasteiger partial charge is 0.493 e. The predicted molar refractivity (Wildman–Crippen MR) is 69.1 cm³/mol. The van der Waals surface area contributed by atoms with Crippen LogP contribution in [0, 0.1) is 0 Å². The van der Waals surface area contributed by atoms with Crippen LogP contribution in [0.1, 0.15) is 43.7 Å². The van der Waals surface area contributed by atoms with Gasteiger partial charge in [-0.2, -0.15) is 0 Å². The topological polar surface area (TPSA) is 38.7 Å². The molecule has 3 heteroatoms. The lowest BCUT2D eigenvalue weighted by molar-refractivity contribution is 0.268. The second-order valence-electron chi connectivity index (χ2n) is 4.58. The van der Waals surface area contributed by atoms with E-state index in [9.17, 15) is 5.11 Å². The second kappa shape index (κ2) is 5.92. The number of aliphatic hydroxyl groups excluding tert-OH is 1. The first-order valence-corrected chi connectivity index (χ1v) is 5.91. The molecule has 1 aromatic carbocycles. The van der Waals surface area contributed by atoms with Crippen LogP contribution in [0.2, 0.25) is 0 Å². The first-order chi connectivity index (χ1) is 8.04. The zero-order valence-electron chi connectivity index (χ0n) is 11.3. The average molecular weight is 238 g/mol. The maximum Gasteiger partial charge on any atom is 0.164 e. The summed E-state index contributed by atoms with van der Waals surface area (Å²) >= 11 is 0.